The van der Waals surface area contributed by atoms with Gasteiger partial charge in [-0.2, -0.15) is 0 Å². The van der Waals surface area contributed by atoms with Gasteiger partial charge in [-0.3, -0.25) is 14.5 Å². The molecule has 0 spiro atoms. The van der Waals surface area contributed by atoms with Crippen LogP contribution in [0.4, 0.5) is 0 Å². The van der Waals surface area contributed by atoms with Gasteiger partial charge >= 0.3 is 0 Å². The predicted octanol–water partition coefficient (Wildman–Crippen LogP) is -0.131. The molecule has 0 radical (unpaired) electrons. The minimum Gasteiger partial charge on any atom is -0.373 e. The first-order chi connectivity index (χ1) is 10.6. The van der Waals surface area contributed by atoms with Crippen LogP contribution in [-0.2, 0) is 16.0 Å². The van der Waals surface area contributed by atoms with Crippen molar-refractivity contribution in [2.75, 3.05) is 33.3 Å². The standard InChI is InChI=1S/C16H21N3O3/c1-18-6-7-22-14-10-19(9-13(14)18)15(20)8-11-4-2-3-5-12(11)16(17)21/h2-5,13-14H,6-10H2,1H3,(H2,17,21)/t13-,14+/m0/s1. The summed E-state index contributed by atoms with van der Waals surface area (Å²) in [6.07, 6.45) is 0.288. The highest BCUT2D eigenvalue weighted by atomic mass is 16.5. The summed E-state index contributed by atoms with van der Waals surface area (Å²) >= 11 is 0. The fourth-order valence-electron chi connectivity index (χ4n) is 3.25. The van der Waals surface area contributed by atoms with Crippen molar-refractivity contribution >= 4 is 11.8 Å². The molecule has 0 unspecified atom stereocenters. The Balaban J connectivity index is 1.70. The van der Waals surface area contributed by atoms with Crippen LogP contribution in [0.5, 0.6) is 0 Å². The van der Waals surface area contributed by atoms with Crippen molar-refractivity contribution in [3.8, 4) is 0 Å². The van der Waals surface area contributed by atoms with Crippen LogP contribution in [0.3, 0.4) is 0 Å². The fourth-order valence-corrected chi connectivity index (χ4v) is 3.25. The van der Waals surface area contributed by atoms with E-state index in [9.17, 15) is 9.59 Å². The van der Waals surface area contributed by atoms with Gasteiger partial charge in [0.15, 0.2) is 0 Å². The molecule has 3 rings (SSSR count). The molecule has 0 aliphatic carbocycles. The van der Waals surface area contributed by atoms with E-state index in [2.05, 4.69) is 11.9 Å². The Hall–Kier alpha value is -1.92. The number of likely N-dealkylation sites (N-methyl/N-ethyl adjacent to an activating group) is 1. The summed E-state index contributed by atoms with van der Waals surface area (Å²) in [6, 6.07) is 7.27. The molecule has 1 aromatic rings. The lowest BCUT2D eigenvalue weighted by molar-refractivity contribution is -0.129. The average molecular weight is 303 g/mol. The van der Waals surface area contributed by atoms with E-state index in [-0.39, 0.29) is 24.5 Å². The molecule has 0 saturated carbocycles. The largest absolute Gasteiger partial charge is 0.373 e. The Kier molecular flexibility index (Phi) is 4.13. The smallest absolute Gasteiger partial charge is 0.248 e. The van der Waals surface area contributed by atoms with Crippen LogP contribution >= 0.6 is 0 Å². The van der Waals surface area contributed by atoms with Gasteiger partial charge in [0.2, 0.25) is 11.8 Å². The van der Waals surface area contributed by atoms with Crippen LogP contribution in [0.1, 0.15) is 15.9 Å². The number of carbonyl (C=O) groups excluding carboxylic acids is 2. The average Bonchev–Trinajstić information content (AvgIpc) is 2.93. The third-order valence-electron chi connectivity index (χ3n) is 4.56. The van der Waals surface area contributed by atoms with E-state index in [4.69, 9.17) is 10.5 Å². The second-order valence-electron chi connectivity index (χ2n) is 5.95. The van der Waals surface area contributed by atoms with E-state index in [0.29, 0.717) is 30.8 Å². The van der Waals surface area contributed by atoms with E-state index >= 15 is 0 Å². The predicted molar refractivity (Wildman–Crippen MR) is 81.4 cm³/mol. The zero-order chi connectivity index (χ0) is 15.7. The van der Waals surface area contributed by atoms with Gasteiger partial charge in [-0.05, 0) is 18.7 Å². The molecule has 0 bridgehead atoms. The number of primary amides is 1. The van der Waals surface area contributed by atoms with Gasteiger partial charge in [0.25, 0.3) is 0 Å². The number of benzene rings is 1. The first kappa shape index (κ1) is 15.0. The zero-order valence-corrected chi connectivity index (χ0v) is 12.7. The molecule has 0 aromatic heterocycles. The first-order valence-corrected chi connectivity index (χ1v) is 7.53. The molecular formula is C16H21N3O3. The number of morpholine rings is 1. The second kappa shape index (κ2) is 6.06. The number of likely N-dealkylation sites (tertiary alicyclic amines) is 1. The minimum absolute atomic E-state index is 0.0140. The lowest BCUT2D eigenvalue weighted by Gasteiger charge is -2.33. The van der Waals surface area contributed by atoms with Gasteiger partial charge in [0.1, 0.15) is 0 Å². The molecular weight excluding hydrogens is 282 g/mol. The van der Waals surface area contributed by atoms with Crippen molar-refractivity contribution in [1.82, 2.24) is 9.80 Å². The lowest BCUT2D eigenvalue weighted by atomic mass is 10.0. The monoisotopic (exact) mass is 303 g/mol. The Bertz CT molecular complexity index is 590. The highest BCUT2D eigenvalue weighted by molar-refractivity contribution is 5.95. The van der Waals surface area contributed by atoms with Crippen molar-refractivity contribution in [2.24, 2.45) is 5.73 Å². The number of ether oxygens (including phenoxy) is 1. The van der Waals surface area contributed by atoms with E-state index in [0.717, 1.165) is 6.54 Å². The zero-order valence-electron chi connectivity index (χ0n) is 12.7. The van der Waals surface area contributed by atoms with Gasteiger partial charge in [-0.25, -0.2) is 0 Å². The number of amides is 2. The number of hydrogen-bond acceptors (Lipinski definition) is 4. The molecule has 118 valence electrons. The number of nitrogens with two attached hydrogens (primary N) is 1. The summed E-state index contributed by atoms with van der Waals surface area (Å²) in [7, 11) is 2.07. The number of nitrogens with zero attached hydrogens (tertiary/aromatic N) is 2. The number of carbonyl (C=O) groups is 2. The Morgan fingerprint density at radius 2 is 2.09 bits per heavy atom. The van der Waals surface area contributed by atoms with Crippen LogP contribution in [0, 0.1) is 0 Å². The van der Waals surface area contributed by atoms with E-state index in [1.807, 2.05) is 11.0 Å². The highest BCUT2D eigenvalue weighted by Gasteiger charge is 2.40. The summed E-state index contributed by atoms with van der Waals surface area (Å²) in [4.78, 5) is 28.1. The maximum Gasteiger partial charge on any atom is 0.248 e. The van der Waals surface area contributed by atoms with Crippen molar-refractivity contribution < 1.29 is 14.3 Å². The minimum atomic E-state index is -0.499. The number of hydrogen-bond donors (Lipinski definition) is 1. The van der Waals surface area contributed by atoms with E-state index in [1.165, 1.54) is 0 Å². The molecule has 2 saturated heterocycles. The Morgan fingerprint density at radius 1 is 1.32 bits per heavy atom. The molecule has 2 aliphatic heterocycles. The summed E-state index contributed by atoms with van der Waals surface area (Å²) in [6.45, 7) is 2.91. The Morgan fingerprint density at radius 3 is 2.82 bits per heavy atom. The molecule has 2 atom stereocenters. The van der Waals surface area contributed by atoms with E-state index < -0.39 is 5.91 Å². The maximum atomic E-state index is 12.5. The second-order valence-corrected chi connectivity index (χ2v) is 5.95. The highest BCUT2D eigenvalue weighted by Crippen LogP contribution is 2.22. The van der Waals surface area contributed by atoms with Gasteiger partial charge in [0.05, 0.1) is 25.2 Å². The van der Waals surface area contributed by atoms with Gasteiger partial charge in [-0.15, -0.1) is 0 Å². The molecule has 1 aromatic carbocycles. The third kappa shape index (κ3) is 2.84. The normalized spacial score (nSPS) is 25.0. The molecule has 2 N–H and O–H groups in total. The van der Waals surface area contributed by atoms with Crippen molar-refractivity contribution in [3.63, 3.8) is 0 Å². The van der Waals surface area contributed by atoms with Crippen LogP contribution in [0.2, 0.25) is 0 Å². The number of fused-ring (bicyclic) bond motifs is 1. The quantitative estimate of drug-likeness (QED) is 0.844. The van der Waals surface area contributed by atoms with Crippen LogP contribution in [-0.4, -0.2) is 67.0 Å². The van der Waals surface area contributed by atoms with Crippen molar-refractivity contribution in [2.45, 2.75) is 18.6 Å². The van der Waals surface area contributed by atoms with E-state index in [1.54, 1.807) is 18.2 Å². The molecule has 2 aliphatic rings. The summed E-state index contributed by atoms with van der Waals surface area (Å²) < 4.78 is 5.76. The lowest BCUT2D eigenvalue weighted by Crippen LogP contribution is -2.48. The topological polar surface area (TPSA) is 75.9 Å². The molecule has 6 heteroatoms. The van der Waals surface area contributed by atoms with Gasteiger partial charge < -0.3 is 15.4 Å². The first-order valence-electron chi connectivity index (χ1n) is 7.53. The fraction of sp³-hybridized carbons (Fsp3) is 0.500. The van der Waals surface area contributed by atoms with Gasteiger partial charge in [-0.1, -0.05) is 18.2 Å². The van der Waals surface area contributed by atoms with Crippen molar-refractivity contribution in [3.05, 3.63) is 35.4 Å². The molecule has 22 heavy (non-hydrogen) atoms. The SMILES string of the molecule is CN1CCO[C@@H]2CN(C(=O)Cc3ccccc3C(N)=O)C[C@@H]21. The molecule has 2 heterocycles. The maximum absolute atomic E-state index is 12.5. The summed E-state index contributed by atoms with van der Waals surface area (Å²) in [5, 5.41) is 0. The molecule has 2 amide bonds. The van der Waals surface area contributed by atoms with Crippen LogP contribution in [0.25, 0.3) is 0 Å². The van der Waals surface area contributed by atoms with Crippen LogP contribution in [0.15, 0.2) is 24.3 Å². The van der Waals surface area contributed by atoms with Gasteiger partial charge in [0, 0.05) is 25.2 Å². The van der Waals surface area contributed by atoms with Crippen LogP contribution < -0.4 is 5.73 Å². The summed E-state index contributed by atoms with van der Waals surface area (Å²) in [5.74, 6) is -0.485. The Labute approximate surface area is 129 Å². The number of rotatable bonds is 3. The molecule has 6 nitrogen and oxygen atoms in total. The summed E-state index contributed by atoms with van der Waals surface area (Å²) in [5.41, 5.74) is 6.47. The van der Waals surface area contributed by atoms with Crippen molar-refractivity contribution in [1.29, 1.82) is 0 Å². The third-order valence-corrected chi connectivity index (χ3v) is 4.56. The molecule has 2 fully saturated rings.